The first-order valence-corrected chi connectivity index (χ1v) is 7.41. The second-order valence-electron chi connectivity index (χ2n) is 4.48. The maximum atomic E-state index is 4.36. The van der Waals surface area contributed by atoms with E-state index in [2.05, 4.69) is 40.2 Å². The van der Waals surface area contributed by atoms with Crippen LogP contribution in [0.1, 0.15) is 19.5 Å². The second-order valence-corrected chi connectivity index (χ2v) is 5.80. The molecule has 2 heterocycles. The molecule has 0 aromatic carbocycles. The monoisotopic (exact) mass is 264 g/mol. The highest BCUT2D eigenvalue weighted by molar-refractivity contribution is 7.99. The molecule has 0 spiro atoms. The van der Waals surface area contributed by atoms with Gasteiger partial charge in [0, 0.05) is 30.7 Å². The largest absolute Gasteiger partial charge is 0.300 e. The standard InChI is InChI=1S/C13H20N4S/c1-4-18-10-11(2)16(3)9-12-7-15-13-8-14-5-6-17(12)13/h5-8,11H,4,9-10H2,1-3H3/t11-/m0/s1. The molecule has 2 rings (SSSR count). The van der Waals surface area contributed by atoms with Crippen LogP contribution in [0.15, 0.2) is 24.8 Å². The predicted octanol–water partition coefficient (Wildman–Crippen LogP) is 2.30. The third-order valence-electron chi connectivity index (χ3n) is 3.12. The Hall–Kier alpha value is -1.07. The van der Waals surface area contributed by atoms with E-state index in [0.717, 1.165) is 12.2 Å². The van der Waals surface area contributed by atoms with Gasteiger partial charge in [-0.1, -0.05) is 6.92 Å². The van der Waals surface area contributed by atoms with E-state index in [9.17, 15) is 0 Å². The minimum atomic E-state index is 0.572. The summed E-state index contributed by atoms with van der Waals surface area (Å²) in [5.41, 5.74) is 2.12. The van der Waals surface area contributed by atoms with Crippen LogP contribution in [-0.2, 0) is 6.54 Å². The third kappa shape index (κ3) is 3.03. The van der Waals surface area contributed by atoms with Crippen molar-refractivity contribution in [2.24, 2.45) is 0 Å². The zero-order valence-electron chi connectivity index (χ0n) is 11.2. The molecule has 0 aliphatic rings. The van der Waals surface area contributed by atoms with E-state index >= 15 is 0 Å². The highest BCUT2D eigenvalue weighted by Gasteiger charge is 2.11. The maximum absolute atomic E-state index is 4.36. The molecule has 0 N–H and O–H groups in total. The minimum absolute atomic E-state index is 0.572. The minimum Gasteiger partial charge on any atom is -0.300 e. The number of aromatic nitrogens is 3. The quantitative estimate of drug-likeness (QED) is 0.801. The summed E-state index contributed by atoms with van der Waals surface area (Å²) >= 11 is 1.99. The van der Waals surface area contributed by atoms with E-state index in [1.165, 1.54) is 17.2 Å². The molecule has 0 saturated heterocycles. The van der Waals surface area contributed by atoms with Gasteiger partial charge in [0.2, 0.25) is 0 Å². The van der Waals surface area contributed by atoms with Gasteiger partial charge in [0.05, 0.1) is 18.1 Å². The number of nitrogens with zero attached hydrogens (tertiary/aromatic N) is 4. The Morgan fingerprint density at radius 3 is 3.06 bits per heavy atom. The van der Waals surface area contributed by atoms with Gasteiger partial charge < -0.3 is 0 Å². The van der Waals surface area contributed by atoms with E-state index in [-0.39, 0.29) is 0 Å². The van der Waals surface area contributed by atoms with Crippen LogP contribution < -0.4 is 0 Å². The molecule has 0 unspecified atom stereocenters. The van der Waals surface area contributed by atoms with Crippen LogP contribution in [0, 0.1) is 0 Å². The van der Waals surface area contributed by atoms with E-state index in [4.69, 9.17) is 0 Å². The summed E-state index contributed by atoms with van der Waals surface area (Å²) in [6.07, 6.45) is 7.50. The van der Waals surface area contributed by atoms with Gasteiger partial charge in [-0.25, -0.2) is 4.98 Å². The lowest BCUT2D eigenvalue weighted by Crippen LogP contribution is -2.31. The van der Waals surface area contributed by atoms with Crippen molar-refractivity contribution in [3.8, 4) is 0 Å². The molecular weight excluding hydrogens is 244 g/mol. The van der Waals surface area contributed by atoms with E-state index in [1.807, 2.05) is 24.2 Å². The van der Waals surface area contributed by atoms with E-state index in [1.54, 1.807) is 12.4 Å². The van der Waals surface area contributed by atoms with Crippen LogP contribution in [0.25, 0.3) is 5.65 Å². The van der Waals surface area contributed by atoms with Gasteiger partial charge >= 0.3 is 0 Å². The Bertz CT molecular complexity index is 496. The summed E-state index contributed by atoms with van der Waals surface area (Å²) in [7, 11) is 2.17. The molecule has 0 saturated carbocycles. The van der Waals surface area contributed by atoms with Gasteiger partial charge in [0.25, 0.3) is 0 Å². The summed E-state index contributed by atoms with van der Waals surface area (Å²) in [6.45, 7) is 5.39. The average Bonchev–Trinajstić information content (AvgIpc) is 2.79. The molecule has 0 aliphatic heterocycles. The lowest BCUT2D eigenvalue weighted by molar-refractivity contribution is 0.266. The molecule has 0 aliphatic carbocycles. The van der Waals surface area contributed by atoms with E-state index < -0.39 is 0 Å². The zero-order valence-corrected chi connectivity index (χ0v) is 12.0. The van der Waals surface area contributed by atoms with Crippen molar-refractivity contribution in [1.82, 2.24) is 19.3 Å². The van der Waals surface area contributed by atoms with Crippen molar-refractivity contribution in [2.45, 2.75) is 26.4 Å². The fraction of sp³-hybridized carbons (Fsp3) is 0.538. The number of fused-ring (bicyclic) bond motifs is 1. The first-order chi connectivity index (χ1) is 8.72. The number of rotatable bonds is 6. The molecule has 0 fully saturated rings. The van der Waals surface area contributed by atoms with Crippen LogP contribution in [0.3, 0.4) is 0 Å². The van der Waals surface area contributed by atoms with Crippen LogP contribution in [0.2, 0.25) is 0 Å². The first-order valence-electron chi connectivity index (χ1n) is 6.26. The van der Waals surface area contributed by atoms with Gasteiger partial charge in [-0.05, 0) is 19.7 Å². The van der Waals surface area contributed by atoms with Crippen molar-refractivity contribution in [3.05, 3.63) is 30.5 Å². The third-order valence-corrected chi connectivity index (χ3v) is 4.25. The fourth-order valence-corrected chi connectivity index (χ4v) is 2.67. The molecule has 2 aromatic rings. The van der Waals surface area contributed by atoms with Crippen molar-refractivity contribution < 1.29 is 0 Å². The van der Waals surface area contributed by atoms with Gasteiger partial charge in [-0.3, -0.25) is 14.3 Å². The molecular formula is C13H20N4S. The summed E-state index contributed by atoms with van der Waals surface area (Å²) in [5.74, 6) is 2.35. The number of hydrogen-bond donors (Lipinski definition) is 0. The average molecular weight is 264 g/mol. The van der Waals surface area contributed by atoms with Gasteiger partial charge in [0.15, 0.2) is 5.65 Å². The van der Waals surface area contributed by atoms with Crippen molar-refractivity contribution in [3.63, 3.8) is 0 Å². The summed E-state index contributed by atoms with van der Waals surface area (Å²) in [6, 6.07) is 0.572. The van der Waals surface area contributed by atoms with Crippen molar-refractivity contribution >= 4 is 17.4 Å². The lowest BCUT2D eigenvalue weighted by Gasteiger charge is -2.23. The smallest absolute Gasteiger partial charge is 0.155 e. The predicted molar refractivity (Wildman–Crippen MR) is 76.9 cm³/mol. The topological polar surface area (TPSA) is 33.4 Å². The summed E-state index contributed by atoms with van der Waals surface area (Å²) < 4.78 is 2.10. The molecule has 18 heavy (non-hydrogen) atoms. The Labute approximate surface area is 112 Å². The van der Waals surface area contributed by atoms with Crippen LogP contribution in [0.5, 0.6) is 0 Å². The highest BCUT2D eigenvalue weighted by Crippen LogP contribution is 2.12. The Kier molecular flexibility index (Phi) is 4.60. The number of thioether (sulfide) groups is 1. The van der Waals surface area contributed by atoms with Gasteiger partial charge in [-0.15, -0.1) is 0 Å². The molecule has 0 radical (unpaired) electrons. The fourth-order valence-electron chi connectivity index (χ4n) is 1.84. The number of hydrogen-bond acceptors (Lipinski definition) is 4. The van der Waals surface area contributed by atoms with Crippen LogP contribution in [0.4, 0.5) is 0 Å². The zero-order chi connectivity index (χ0) is 13.0. The van der Waals surface area contributed by atoms with Gasteiger partial charge in [-0.2, -0.15) is 11.8 Å². The molecule has 4 nitrogen and oxygen atoms in total. The second kappa shape index (κ2) is 6.20. The highest BCUT2D eigenvalue weighted by atomic mass is 32.2. The van der Waals surface area contributed by atoms with Crippen molar-refractivity contribution in [1.29, 1.82) is 0 Å². The molecule has 0 amide bonds. The Balaban J connectivity index is 2.04. The van der Waals surface area contributed by atoms with Gasteiger partial charge in [0.1, 0.15) is 0 Å². The van der Waals surface area contributed by atoms with Crippen molar-refractivity contribution in [2.75, 3.05) is 18.6 Å². The Morgan fingerprint density at radius 1 is 1.44 bits per heavy atom. The summed E-state index contributed by atoms with van der Waals surface area (Å²) in [5, 5.41) is 0. The van der Waals surface area contributed by atoms with Crippen LogP contribution in [-0.4, -0.2) is 43.9 Å². The normalized spacial score (nSPS) is 13.3. The number of imidazole rings is 1. The molecule has 98 valence electrons. The lowest BCUT2D eigenvalue weighted by atomic mass is 10.3. The summed E-state index contributed by atoms with van der Waals surface area (Å²) in [4.78, 5) is 10.8. The SMILES string of the molecule is CCSC[C@H](C)N(C)Cc1cnc2cnccn12. The molecule has 0 bridgehead atoms. The van der Waals surface area contributed by atoms with E-state index in [0.29, 0.717) is 6.04 Å². The maximum Gasteiger partial charge on any atom is 0.155 e. The first kappa shape index (κ1) is 13.4. The molecule has 5 heteroatoms. The Morgan fingerprint density at radius 2 is 2.28 bits per heavy atom. The molecule has 1 atom stereocenters. The molecule has 2 aromatic heterocycles. The van der Waals surface area contributed by atoms with Crippen LogP contribution >= 0.6 is 11.8 Å².